The minimum absolute atomic E-state index is 0.472. The van der Waals surface area contributed by atoms with E-state index < -0.39 is 5.60 Å². The molecule has 0 radical (unpaired) electrons. The molecule has 1 fully saturated rings. The van der Waals surface area contributed by atoms with Crippen LogP contribution in [0.15, 0.2) is 4.42 Å². The molecule has 90 valence electrons. The predicted octanol–water partition coefficient (Wildman–Crippen LogP) is 1.20. The van der Waals surface area contributed by atoms with E-state index in [9.17, 15) is 5.11 Å². The zero-order chi connectivity index (χ0) is 11.6. The lowest BCUT2D eigenvalue weighted by atomic mass is 9.96. The first kappa shape index (κ1) is 11.7. The summed E-state index contributed by atoms with van der Waals surface area (Å²) in [6, 6.07) is 0.486. The van der Waals surface area contributed by atoms with Crippen molar-refractivity contribution in [2.75, 3.05) is 23.9 Å². The van der Waals surface area contributed by atoms with Crippen molar-refractivity contribution >= 4 is 17.6 Å². The van der Waals surface area contributed by atoms with Gasteiger partial charge >= 0.3 is 6.01 Å². The first-order valence-electron chi connectivity index (χ1n) is 5.46. The summed E-state index contributed by atoms with van der Waals surface area (Å²) in [6.45, 7) is 3.21. The van der Waals surface area contributed by atoms with Crippen molar-refractivity contribution in [2.45, 2.75) is 31.8 Å². The standard InChI is InChI=1S/C10H16ClN3O2/c1-10(15)4-2-6-14(7-10)9-13-12-8(16-9)3-5-11/h15H,2-7H2,1H3. The third kappa shape index (κ3) is 2.65. The lowest BCUT2D eigenvalue weighted by Gasteiger charge is -2.35. The lowest BCUT2D eigenvalue weighted by Crippen LogP contribution is -2.46. The van der Waals surface area contributed by atoms with Gasteiger partial charge in [0.2, 0.25) is 5.89 Å². The molecule has 0 amide bonds. The Morgan fingerprint density at radius 2 is 2.38 bits per heavy atom. The third-order valence-corrected chi connectivity index (χ3v) is 2.90. The SMILES string of the molecule is CC1(O)CCCN(c2nnc(CCCl)o2)C1. The Morgan fingerprint density at radius 1 is 1.56 bits per heavy atom. The molecule has 0 bridgehead atoms. The number of hydrogen-bond acceptors (Lipinski definition) is 5. The molecule has 0 spiro atoms. The summed E-state index contributed by atoms with van der Waals surface area (Å²) in [7, 11) is 0. The number of aryl methyl sites for hydroxylation is 1. The van der Waals surface area contributed by atoms with Gasteiger partial charge in [0.05, 0.1) is 12.1 Å². The molecule has 1 aromatic heterocycles. The van der Waals surface area contributed by atoms with E-state index in [-0.39, 0.29) is 0 Å². The number of nitrogens with zero attached hydrogens (tertiary/aromatic N) is 3. The normalized spacial score (nSPS) is 26.1. The zero-order valence-electron chi connectivity index (χ0n) is 9.32. The van der Waals surface area contributed by atoms with Crippen LogP contribution in [-0.2, 0) is 6.42 Å². The van der Waals surface area contributed by atoms with Crippen LogP contribution in [0.25, 0.3) is 0 Å². The van der Waals surface area contributed by atoms with Crippen LogP contribution in [0.3, 0.4) is 0 Å². The van der Waals surface area contributed by atoms with Crippen molar-refractivity contribution in [3.63, 3.8) is 0 Å². The molecule has 0 aromatic carbocycles. The van der Waals surface area contributed by atoms with Gasteiger partial charge in [0.25, 0.3) is 0 Å². The molecule has 16 heavy (non-hydrogen) atoms. The number of alkyl halides is 1. The van der Waals surface area contributed by atoms with E-state index >= 15 is 0 Å². The number of rotatable bonds is 3. The van der Waals surface area contributed by atoms with Crippen molar-refractivity contribution in [1.82, 2.24) is 10.2 Å². The molecule has 6 heteroatoms. The molecule has 1 N–H and O–H groups in total. The van der Waals surface area contributed by atoms with Gasteiger partial charge in [0.1, 0.15) is 0 Å². The highest BCUT2D eigenvalue weighted by molar-refractivity contribution is 6.17. The van der Waals surface area contributed by atoms with Crippen molar-refractivity contribution in [3.8, 4) is 0 Å². The summed E-state index contributed by atoms with van der Waals surface area (Å²) in [4.78, 5) is 1.92. The highest BCUT2D eigenvalue weighted by atomic mass is 35.5. The second-order valence-corrected chi connectivity index (χ2v) is 4.82. The van der Waals surface area contributed by atoms with E-state index in [0.29, 0.717) is 30.8 Å². The van der Waals surface area contributed by atoms with Crippen LogP contribution in [0, 0.1) is 0 Å². The maximum atomic E-state index is 9.96. The molecule has 1 aliphatic heterocycles. The van der Waals surface area contributed by atoms with E-state index in [1.54, 1.807) is 0 Å². The maximum absolute atomic E-state index is 9.96. The Bertz CT molecular complexity index is 354. The smallest absolute Gasteiger partial charge is 0.318 e. The highest BCUT2D eigenvalue weighted by Crippen LogP contribution is 2.24. The fourth-order valence-corrected chi connectivity index (χ4v) is 2.10. The number of piperidine rings is 1. The second kappa shape index (κ2) is 4.59. The van der Waals surface area contributed by atoms with Crippen molar-refractivity contribution in [1.29, 1.82) is 0 Å². The number of halogens is 1. The minimum atomic E-state index is -0.667. The first-order valence-corrected chi connectivity index (χ1v) is 6.00. The minimum Gasteiger partial charge on any atom is -0.408 e. The second-order valence-electron chi connectivity index (χ2n) is 4.44. The van der Waals surface area contributed by atoms with Gasteiger partial charge in [-0.3, -0.25) is 0 Å². The topological polar surface area (TPSA) is 62.4 Å². The molecule has 0 saturated carbocycles. The van der Waals surface area contributed by atoms with Gasteiger partial charge in [-0.1, -0.05) is 5.10 Å². The fourth-order valence-electron chi connectivity index (χ4n) is 1.94. The first-order chi connectivity index (χ1) is 7.61. The quantitative estimate of drug-likeness (QED) is 0.811. The van der Waals surface area contributed by atoms with Gasteiger partial charge in [0.15, 0.2) is 0 Å². The van der Waals surface area contributed by atoms with Gasteiger partial charge in [-0.2, -0.15) is 0 Å². The largest absolute Gasteiger partial charge is 0.408 e. The van der Waals surface area contributed by atoms with E-state index in [1.807, 2.05) is 11.8 Å². The number of hydrogen-bond donors (Lipinski definition) is 1. The maximum Gasteiger partial charge on any atom is 0.318 e. The molecule has 1 unspecified atom stereocenters. The predicted molar refractivity (Wildman–Crippen MR) is 60.8 cm³/mol. The van der Waals surface area contributed by atoms with Crippen LogP contribution < -0.4 is 4.90 Å². The molecule has 1 saturated heterocycles. The number of anilines is 1. The monoisotopic (exact) mass is 245 g/mol. The van der Waals surface area contributed by atoms with Gasteiger partial charge in [-0.25, -0.2) is 0 Å². The molecular weight excluding hydrogens is 230 g/mol. The van der Waals surface area contributed by atoms with Crippen LogP contribution >= 0.6 is 11.6 Å². The summed E-state index contributed by atoms with van der Waals surface area (Å²) in [5.41, 5.74) is -0.667. The molecule has 2 heterocycles. The summed E-state index contributed by atoms with van der Waals surface area (Å²) in [6.07, 6.45) is 2.32. The van der Waals surface area contributed by atoms with E-state index in [2.05, 4.69) is 10.2 Å². The Labute approximate surface area is 99.4 Å². The van der Waals surface area contributed by atoms with Crippen LogP contribution in [-0.4, -0.2) is 39.9 Å². The summed E-state index contributed by atoms with van der Waals surface area (Å²) < 4.78 is 5.46. The molecule has 2 rings (SSSR count). The summed E-state index contributed by atoms with van der Waals surface area (Å²) in [5.74, 6) is 1.02. The Balaban J connectivity index is 2.05. The van der Waals surface area contributed by atoms with Crippen LogP contribution in [0.5, 0.6) is 0 Å². The molecule has 1 atom stereocenters. The van der Waals surface area contributed by atoms with E-state index in [1.165, 1.54) is 0 Å². The molecule has 1 aliphatic rings. The third-order valence-electron chi connectivity index (χ3n) is 2.71. The number of aromatic nitrogens is 2. The fraction of sp³-hybridized carbons (Fsp3) is 0.800. The number of aliphatic hydroxyl groups is 1. The average Bonchev–Trinajstić information content (AvgIpc) is 2.65. The number of β-amino-alcohol motifs (C(OH)–C–C–N with tert-alkyl or cyclic N) is 1. The van der Waals surface area contributed by atoms with Gasteiger partial charge in [0, 0.05) is 18.8 Å². The summed E-state index contributed by atoms with van der Waals surface area (Å²) >= 11 is 5.60. The lowest BCUT2D eigenvalue weighted by molar-refractivity contribution is 0.0434. The van der Waals surface area contributed by atoms with Crippen LogP contribution in [0.4, 0.5) is 6.01 Å². The van der Waals surface area contributed by atoms with E-state index in [0.717, 1.165) is 19.4 Å². The molecule has 0 aliphatic carbocycles. The molecular formula is C10H16ClN3O2. The van der Waals surface area contributed by atoms with Crippen LogP contribution in [0.2, 0.25) is 0 Å². The molecule has 1 aromatic rings. The van der Waals surface area contributed by atoms with Crippen molar-refractivity contribution in [2.24, 2.45) is 0 Å². The van der Waals surface area contributed by atoms with E-state index in [4.69, 9.17) is 16.0 Å². The van der Waals surface area contributed by atoms with Gasteiger partial charge in [-0.05, 0) is 19.8 Å². The molecule has 5 nitrogen and oxygen atoms in total. The van der Waals surface area contributed by atoms with Crippen LogP contribution in [0.1, 0.15) is 25.7 Å². The summed E-state index contributed by atoms with van der Waals surface area (Å²) in [5, 5.41) is 17.8. The Kier molecular flexibility index (Phi) is 3.35. The van der Waals surface area contributed by atoms with Crippen molar-refractivity contribution < 1.29 is 9.52 Å². The Morgan fingerprint density at radius 3 is 3.06 bits per heavy atom. The van der Waals surface area contributed by atoms with Gasteiger partial charge in [-0.15, -0.1) is 16.7 Å². The Hall–Kier alpha value is -0.810. The highest BCUT2D eigenvalue weighted by Gasteiger charge is 2.30. The zero-order valence-corrected chi connectivity index (χ0v) is 10.1. The average molecular weight is 246 g/mol. The van der Waals surface area contributed by atoms with Crippen molar-refractivity contribution in [3.05, 3.63) is 5.89 Å². The van der Waals surface area contributed by atoms with Gasteiger partial charge < -0.3 is 14.4 Å².